The Kier molecular flexibility index (Phi) is 5.65. The fourth-order valence-electron chi connectivity index (χ4n) is 2.22. The molecule has 0 radical (unpaired) electrons. The number of carbonyl (C=O) groups is 2. The molecule has 0 fully saturated rings. The number of hydrogen-bond donors (Lipinski definition) is 3. The number of halogens is 1. The van der Waals surface area contributed by atoms with Gasteiger partial charge < -0.3 is 15.7 Å². The number of carbonyl (C=O) groups excluding carboxylic acids is 2. The van der Waals surface area contributed by atoms with E-state index in [2.05, 4.69) is 10.6 Å². The van der Waals surface area contributed by atoms with E-state index in [9.17, 15) is 19.1 Å². The first-order chi connectivity index (χ1) is 11.4. The van der Waals surface area contributed by atoms with E-state index in [1.54, 1.807) is 31.2 Å². The minimum absolute atomic E-state index is 0.0980. The van der Waals surface area contributed by atoms with E-state index in [-0.39, 0.29) is 5.78 Å². The van der Waals surface area contributed by atoms with Crippen molar-refractivity contribution in [3.05, 3.63) is 65.5 Å². The largest absolute Gasteiger partial charge is 0.386 e. The van der Waals surface area contributed by atoms with E-state index in [0.29, 0.717) is 16.8 Å². The molecular weight excluding hydrogens is 311 g/mol. The maximum Gasteiger partial charge on any atom is 0.319 e. The summed E-state index contributed by atoms with van der Waals surface area (Å²) in [5.74, 6) is -0.492. The Morgan fingerprint density at radius 1 is 1.12 bits per heavy atom. The molecule has 0 spiro atoms. The van der Waals surface area contributed by atoms with Crippen LogP contribution in [0.25, 0.3) is 0 Å². The summed E-state index contributed by atoms with van der Waals surface area (Å²) in [6.07, 6.45) is -0.972. The highest BCUT2D eigenvalue weighted by molar-refractivity contribution is 5.96. The number of rotatable bonds is 5. The van der Waals surface area contributed by atoms with Gasteiger partial charge in [0.1, 0.15) is 5.82 Å². The number of amides is 2. The van der Waals surface area contributed by atoms with Crippen molar-refractivity contribution in [2.45, 2.75) is 26.0 Å². The van der Waals surface area contributed by atoms with Gasteiger partial charge in [0, 0.05) is 11.3 Å². The van der Waals surface area contributed by atoms with Crippen LogP contribution in [0.2, 0.25) is 0 Å². The van der Waals surface area contributed by atoms with Crippen molar-refractivity contribution in [3.63, 3.8) is 0 Å². The number of benzene rings is 2. The molecule has 24 heavy (non-hydrogen) atoms. The minimum atomic E-state index is -0.972. The van der Waals surface area contributed by atoms with Crippen molar-refractivity contribution in [3.8, 4) is 0 Å². The fraction of sp³-hybridized carbons (Fsp3) is 0.222. The summed E-state index contributed by atoms with van der Waals surface area (Å²) in [7, 11) is 0. The lowest BCUT2D eigenvalue weighted by Crippen LogP contribution is -2.39. The lowest BCUT2D eigenvalue weighted by molar-refractivity contribution is 0.101. The third-order valence-corrected chi connectivity index (χ3v) is 3.57. The van der Waals surface area contributed by atoms with Gasteiger partial charge in [0.15, 0.2) is 5.78 Å². The molecule has 2 aromatic carbocycles. The molecule has 0 unspecified atom stereocenters. The second kappa shape index (κ2) is 7.70. The standard InChI is InChI=1S/C18H19FN2O3/c1-11(17(23)13-6-8-15(19)9-7-13)20-18(24)21-16-5-3-4-14(10-16)12(2)22/h3-11,17,23H,1-2H3,(H2,20,21,24)/t11-,17-/m1/s1. The molecule has 0 saturated heterocycles. The van der Waals surface area contributed by atoms with Crippen molar-refractivity contribution < 1.29 is 19.1 Å². The summed E-state index contributed by atoms with van der Waals surface area (Å²) in [6, 6.07) is 10.9. The fourth-order valence-corrected chi connectivity index (χ4v) is 2.22. The average molecular weight is 330 g/mol. The van der Waals surface area contributed by atoms with Gasteiger partial charge in [-0.25, -0.2) is 9.18 Å². The van der Waals surface area contributed by atoms with Gasteiger partial charge in [-0.3, -0.25) is 4.79 Å². The van der Waals surface area contributed by atoms with Crippen molar-refractivity contribution in [1.29, 1.82) is 0 Å². The van der Waals surface area contributed by atoms with E-state index in [0.717, 1.165) is 0 Å². The quantitative estimate of drug-likeness (QED) is 0.736. The van der Waals surface area contributed by atoms with Gasteiger partial charge in [0.25, 0.3) is 0 Å². The van der Waals surface area contributed by atoms with Gasteiger partial charge in [-0.15, -0.1) is 0 Å². The number of nitrogens with one attached hydrogen (secondary N) is 2. The third kappa shape index (κ3) is 4.63. The Hall–Kier alpha value is -2.73. The summed E-state index contributed by atoms with van der Waals surface area (Å²) in [5.41, 5.74) is 1.47. The van der Waals surface area contributed by atoms with Crippen LogP contribution in [0, 0.1) is 5.82 Å². The normalized spacial score (nSPS) is 13.0. The zero-order valence-corrected chi connectivity index (χ0v) is 13.4. The van der Waals surface area contributed by atoms with Crippen molar-refractivity contribution in [1.82, 2.24) is 5.32 Å². The molecule has 0 aliphatic carbocycles. The summed E-state index contributed by atoms with van der Waals surface area (Å²) >= 11 is 0. The van der Waals surface area contributed by atoms with Crippen LogP contribution in [0.15, 0.2) is 48.5 Å². The molecule has 0 saturated carbocycles. The molecule has 0 aliphatic heterocycles. The van der Waals surface area contributed by atoms with Crippen LogP contribution in [0.4, 0.5) is 14.9 Å². The van der Waals surface area contributed by atoms with E-state index in [1.165, 1.54) is 31.2 Å². The smallest absolute Gasteiger partial charge is 0.319 e. The number of urea groups is 1. The van der Waals surface area contributed by atoms with E-state index in [1.807, 2.05) is 0 Å². The van der Waals surface area contributed by atoms with Crippen molar-refractivity contribution in [2.24, 2.45) is 0 Å². The molecule has 0 bridgehead atoms. The molecule has 3 N–H and O–H groups in total. The minimum Gasteiger partial charge on any atom is -0.386 e. The molecule has 0 heterocycles. The number of anilines is 1. The number of hydrogen-bond acceptors (Lipinski definition) is 3. The predicted octanol–water partition coefficient (Wildman–Crippen LogP) is 3.27. The highest BCUT2D eigenvalue weighted by Crippen LogP contribution is 2.17. The molecule has 2 aromatic rings. The van der Waals surface area contributed by atoms with E-state index >= 15 is 0 Å². The molecule has 2 amide bonds. The first-order valence-electron chi connectivity index (χ1n) is 7.49. The van der Waals surface area contributed by atoms with Crippen LogP contribution in [0.1, 0.15) is 35.9 Å². The Morgan fingerprint density at radius 3 is 2.42 bits per heavy atom. The third-order valence-electron chi connectivity index (χ3n) is 3.57. The zero-order chi connectivity index (χ0) is 17.7. The van der Waals surface area contributed by atoms with Crippen molar-refractivity contribution >= 4 is 17.5 Å². The lowest BCUT2D eigenvalue weighted by atomic mass is 10.0. The summed E-state index contributed by atoms with van der Waals surface area (Å²) in [6.45, 7) is 3.08. The van der Waals surface area contributed by atoms with Crippen LogP contribution in [-0.4, -0.2) is 23.0 Å². The van der Waals surface area contributed by atoms with Crippen LogP contribution >= 0.6 is 0 Å². The van der Waals surface area contributed by atoms with Gasteiger partial charge in [0.05, 0.1) is 12.1 Å². The Morgan fingerprint density at radius 2 is 1.79 bits per heavy atom. The van der Waals surface area contributed by atoms with Crippen molar-refractivity contribution in [2.75, 3.05) is 5.32 Å². The predicted molar refractivity (Wildman–Crippen MR) is 89.4 cm³/mol. The SMILES string of the molecule is CC(=O)c1cccc(NC(=O)N[C@H](C)[C@@H](O)c2ccc(F)cc2)c1. The maximum absolute atomic E-state index is 12.9. The Balaban J connectivity index is 1.97. The van der Waals surface area contributed by atoms with E-state index in [4.69, 9.17) is 0 Å². The Labute approximate surface area is 139 Å². The van der Waals surface area contributed by atoms with Crippen LogP contribution in [0.5, 0.6) is 0 Å². The molecule has 5 nitrogen and oxygen atoms in total. The summed E-state index contributed by atoms with van der Waals surface area (Å²) in [4.78, 5) is 23.4. The molecule has 0 aromatic heterocycles. The average Bonchev–Trinajstić information content (AvgIpc) is 2.55. The number of ketones is 1. The van der Waals surface area contributed by atoms with Gasteiger partial charge in [-0.2, -0.15) is 0 Å². The first kappa shape index (κ1) is 17.6. The summed E-state index contributed by atoms with van der Waals surface area (Å²) in [5, 5.41) is 15.4. The highest BCUT2D eigenvalue weighted by Gasteiger charge is 2.18. The lowest BCUT2D eigenvalue weighted by Gasteiger charge is -2.21. The molecule has 2 rings (SSSR count). The topological polar surface area (TPSA) is 78.4 Å². The van der Waals surface area contributed by atoms with E-state index < -0.39 is 24.0 Å². The number of Topliss-reactive ketones (excluding diaryl/α,β-unsaturated/α-hetero) is 1. The molecule has 2 atom stereocenters. The first-order valence-corrected chi connectivity index (χ1v) is 7.49. The van der Waals surface area contributed by atoms with Crippen LogP contribution in [0.3, 0.4) is 0 Å². The van der Waals surface area contributed by atoms with Gasteiger partial charge >= 0.3 is 6.03 Å². The van der Waals surface area contributed by atoms with Gasteiger partial charge in [-0.05, 0) is 43.7 Å². The summed E-state index contributed by atoms with van der Waals surface area (Å²) < 4.78 is 12.9. The van der Waals surface area contributed by atoms with Gasteiger partial charge in [-0.1, -0.05) is 24.3 Å². The molecule has 126 valence electrons. The highest BCUT2D eigenvalue weighted by atomic mass is 19.1. The molecule has 0 aliphatic rings. The van der Waals surface area contributed by atoms with Crippen LogP contribution < -0.4 is 10.6 Å². The van der Waals surface area contributed by atoms with Gasteiger partial charge in [0.2, 0.25) is 0 Å². The van der Waals surface area contributed by atoms with Crippen LogP contribution in [-0.2, 0) is 0 Å². The Bertz CT molecular complexity index is 731. The zero-order valence-electron chi connectivity index (χ0n) is 13.4. The molecule has 6 heteroatoms. The maximum atomic E-state index is 12.9. The number of aliphatic hydroxyl groups excluding tert-OH is 1. The monoisotopic (exact) mass is 330 g/mol. The second-order valence-electron chi connectivity index (χ2n) is 5.52. The second-order valence-corrected chi connectivity index (χ2v) is 5.52. The molecular formula is C18H19FN2O3. The number of aliphatic hydroxyl groups is 1.